The number of hydrogen-bond donors (Lipinski definition) is 1. The molecule has 1 N–H and O–H groups in total. The van der Waals surface area contributed by atoms with Crippen molar-refractivity contribution in [2.75, 3.05) is 26.8 Å². The smallest absolute Gasteiger partial charge is 0.224 e. The first-order valence-corrected chi connectivity index (χ1v) is 8.33. The molecule has 0 aliphatic carbocycles. The summed E-state index contributed by atoms with van der Waals surface area (Å²) in [5.74, 6) is 0.265. The van der Waals surface area contributed by atoms with Crippen molar-refractivity contribution in [3.63, 3.8) is 0 Å². The standard InChI is InChI=1S/C18H28N2O2/c1-22-13-6-5-12-20(15-16-8-3-2-4-9-16)18(21)14-17-10-7-11-19-17/h2-4,8-9,17,19H,5-7,10-15H2,1H3. The Bertz CT molecular complexity index is 430. The first-order chi connectivity index (χ1) is 10.8. The zero-order valence-corrected chi connectivity index (χ0v) is 13.6. The number of amides is 1. The Hall–Kier alpha value is -1.39. The second-order valence-corrected chi connectivity index (χ2v) is 6.00. The molecule has 1 amide bonds. The number of benzene rings is 1. The highest BCUT2D eigenvalue weighted by atomic mass is 16.5. The van der Waals surface area contributed by atoms with E-state index in [-0.39, 0.29) is 5.91 Å². The van der Waals surface area contributed by atoms with Gasteiger partial charge in [-0.1, -0.05) is 30.3 Å². The first kappa shape index (κ1) is 17.0. The number of rotatable bonds is 9. The molecule has 1 atom stereocenters. The van der Waals surface area contributed by atoms with Crippen LogP contribution >= 0.6 is 0 Å². The van der Waals surface area contributed by atoms with E-state index in [0.717, 1.165) is 39.0 Å². The number of carbonyl (C=O) groups excluding carboxylic acids is 1. The van der Waals surface area contributed by atoms with Gasteiger partial charge >= 0.3 is 0 Å². The number of nitrogens with zero attached hydrogens (tertiary/aromatic N) is 1. The molecule has 0 bridgehead atoms. The number of methoxy groups -OCH3 is 1. The highest BCUT2D eigenvalue weighted by Gasteiger charge is 2.21. The fourth-order valence-corrected chi connectivity index (χ4v) is 2.92. The Morgan fingerprint density at radius 3 is 2.82 bits per heavy atom. The minimum absolute atomic E-state index is 0.265. The van der Waals surface area contributed by atoms with E-state index in [2.05, 4.69) is 17.4 Å². The van der Waals surface area contributed by atoms with Crippen molar-refractivity contribution in [2.24, 2.45) is 0 Å². The van der Waals surface area contributed by atoms with E-state index in [1.807, 2.05) is 23.1 Å². The minimum atomic E-state index is 0.265. The lowest BCUT2D eigenvalue weighted by Crippen LogP contribution is -2.36. The zero-order valence-electron chi connectivity index (χ0n) is 13.6. The van der Waals surface area contributed by atoms with Crippen molar-refractivity contribution >= 4 is 5.91 Å². The number of carbonyl (C=O) groups is 1. The second-order valence-electron chi connectivity index (χ2n) is 6.00. The molecule has 1 heterocycles. The molecule has 0 aromatic heterocycles. The monoisotopic (exact) mass is 304 g/mol. The molecule has 1 aromatic rings. The van der Waals surface area contributed by atoms with Gasteiger partial charge in [0.05, 0.1) is 0 Å². The largest absolute Gasteiger partial charge is 0.385 e. The lowest BCUT2D eigenvalue weighted by atomic mass is 10.1. The zero-order chi connectivity index (χ0) is 15.6. The van der Waals surface area contributed by atoms with Gasteiger partial charge in [-0.15, -0.1) is 0 Å². The van der Waals surface area contributed by atoms with E-state index in [1.54, 1.807) is 7.11 Å². The van der Waals surface area contributed by atoms with Gasteiger partial charge in [-0.2, -0.15) is 0 Å². The average Bonchev–Trinajstić information content (AvgIpc) is 3.04. The molecule has 122 valence electrons. The van der Waals surface area contributed by atoms with Crippen molar-refractivity contribution in [3.05, 3.63) is 35.9 Å². The molecule has 1 saturated heterocycles. The quantitative estimate of drug-likeness (QED) is 0.713. The van der Waals surface area contributed by atoms with Gasteiger partial charge in [-0.3, -0.25) is 4.79 Å². The molecular weight excluding hydrogens is 276 g/mol. The van der Waals surface area contributed by atoms with Crippen LogP contribution in [0.3, 0.4) is 0 Å². The van der Waals surface area contributed by atoms with Gasteiger partial charge in [0.25, 0.3) is 0 Å². The lowest BCUT2D eigenvalue weighted by Gasteiger charge is -2.24. The van der Waals surface area contributed by atoms with Crippen molar-refractivity contribution in [3.8, 4) is 0 Å². The molecule has 4 nitrogen and oxygen atoms in total. The fourth-order valence-electron chi connectivity index (χ4n) is 2.92. The highest BCUT2D eigenvalue weighted by Crippen LogP contribution is 2.13. The summed E-state index contributed by atoms with van der Waals surface area (Å²) in [7, 11) is 1.72. The lowest BCUT2D eigenvalue weighted by molar-refractivity contribution is -0.132. The van der Waals surface area contributed by atoms with Crippen LogP contribution in [0.15, 0.2) is 30.3 Å². The maximum atomic E-state index is 12.6. The van der Waals surface area contributed by atoms with Gasteiger partial charge in [0.2, 0.25) is 5.91 Å². The van der Waals surface area contributed by atoms with Crippen molar-refractivity contribution < 1.29 is 9.53 Å². The van der Waals surface area contributed by atoms with Crippen LogP contribution in [0.25, 0.3) is 0 Å². The number of hydrogen-bond acceptors (Lipinski definition) is 3. The topological polar surface area (TPSA) is 41.6 Å². The van der Waals surface area contributed by atoms with Gasteiger partial charge in [0.1, 0.15) is 0 Å². The number of nitrogens with one attached hydrogen (secondary N) is 1. The van der Waals surface area contributed by atoms with E-state index in [9.17, 15) is 4.79 Å². The molecule has 1 unspecified atom stereocenters. The summed E-state index contributed by atoms with van der Waals surface area (Å²) in [5.41, 5.74) is 1.20. The van der Waals surface area contributed by atoms with E-state index in [0.29, 0.717) is 19.0 Å². The van der Waals surface area contributed by atoms with Crippen LogP contribution in [0.2, 0.25) is 0 Å². The molecule has 1 aliphatic rings. The summed E-state index contributed by atoms with van der Waals surface area (Å²) in [6.45, 7) is 3.32. The van der Waals surface area contributed by atoms with Crippen LogP contribution in [-0.4, -0.2) is 43.7 Å². The number of ether oxygens (including phenoxy) is 1. The van der Waals surface area contributed by atoms with Gasteiger partial charge < -0.3 is 15.0 Å². The normalized spacial score (nSPS) is 17.6. The minimum Gasteiger partial charge on any atom is -0.385 e. The molecule has 0 radical (unpaired) electrons. The van der Waals surface area contributed by atoms with Crippen LogP contribution in [0, 0.1) is 0 Å². The Labute approximate surface area is 133 Å². The third-order valence-corrected chi connectivity index (χ3v) is 4.18. The van der Waals surface area contributed by atoms with Crippen LogP contribution in [0.1, 0.15) is 37.7 Å². The van der Waals surface area contributed by atoms with E-state index < -0.39 is 0 Å². The molecule has 22 heavy (non-hydrogen) atoms. The Morgan fingerprint density at radius 1 is 1.32 bits per heavy atom. The summed E-state index contributed by atoms with van der Waals surface area (Å²) in [4.78, 5) is 14.6. The predicted octanol–water partition coefficient (Wildman–Crippen LogP) is 2.58. The second kappa shape index (κ2) is 9.59. The Kier molecular flexibility index (Phi) is 7.40. The molecular formula is C18H28N2O2. The maximum Gasteiger partial charge on any atom is 0.224 e. The van der Waals surface area contributed by atoms with Gasteiger partial charge in [-0.05, 0) is 37.8 Å². The Balaban J connectivity index is 1.88. The van der Waals surface area contributed by atoms with Crippen molar-refractivity contribution in [2.45, 2.75) is 44.7 Å². The average molecular weight is 304 g/mol. The van der Waals surface area contributed by atoms with Crippen LogP contribution < -0.4 is 5.32 Å². The summed E-state index contributed by atoms with van der Waals surface area (Å²) < 4.78 is 5.10. The molecule has 0 spiro atoms. The molecule has 1 aromatic carbocycles. The summed E-state index contributed by atoms with van der Waals surface area (Å²) in [5, 5.41) is 3.42. The summed E-state index contributed by atoms with van der Waals surface area (Å²) in [6, 6.07) is 10.6. The van der Waals surface area contributed by atoms with Crippen LogP contribution in [0.4, 0.5) is 0 Å². The van der Waals surface area contributed by atoms with Gasteiger partial charge in [-0.25, -0.2) is 0 Å². The van der Waals surface area contributed by atoms with Gasteiger partial charge in [0, 0.05) is 39.3 Å². The fraction of sp³-hybridized carbons (Fsp3) is 0.611. The first-order valence-electron chi connectivity index (χ1n) is 8.33. The molecule has 4 heteroatoms. The SMILES string of the molecule is COCCCCN(Cc1ccccc1)C(=O)CC1CCCN1. The van der Waals surface area contributed by atoms with Crippen molar-refractivity contribution in [1.82, 2.24) is 10.2 Å². The molecule has 0 saturated carbocycles. The molecule has 1 aliphatic heterocycles. The molecule has 2 rings (SSSR count). The third kappa shape index (κ3) is 5.78. The Morgan fingerprint density at radius 2 is 2.14 bits per heavy atom. The van der Waals surface area contributed by atoms with E-state index in [4.69, 9.17) is 4.74 Å². The van der Waals surface area contributed by atoms with Gasteiger partial charge in [0.15, 0.2) is 0 Å². The number of unbranched alkanes of at least 4 members (excludes halogenated alkanes) is 1. The van der Waals surface area contributed by atoms with Crippen LogP contribution in [-0.2, 0) is 16.1 Å². The summed E-state index contributed by atoms with van der Waals surface area (Å²) >= 11 is 0. The molecule has 1 fully saturated rings. The summed E-state index contributed by atoms with van der Waals surface area (Å²) in [6.07, 6.45) is 4.91. The van der Waals surface area contributed by atoms with Crippen LogP contribution in [0.5, 0.6) is 0 Å². The predicted molar refractivity (Wildman–Crippen MR) is 88.6 cm³/mol. The van der Waals surface area contributed by atoms with E-state index >= 15 is 0 Å². The highest BCUT2D eigenvalue weighted by molar-refractivity contribution is 5.76. The third-order valence-electron chi connectivity index (χ3n) is 4.18. The maximum absolute atomic E-state index is 12.6. The van der Waals surface area contributed by atoms with E-state index in [1.165, 1.54) is 12.0 Å². The van der Waals surface area contributed by atoms with Crippen molar-refractivity contribution in [1.29, 1.82) is 0 Å².